The van der Waals surface area contributed by atoms with Gasteiger partial charge in [-0.05, 0) is 36.7 Å². The van der Waals surface area contributed by atoms with E-state index >= 15 is 0 Å². The van der Waals surface area contributed by atoms with Crippen molar-refractivity contribution < 1.29 is 19.1 Å². The first-order chi connectivity index (χ1) is 23.6. The van der Waals surface area contributed by atoms with E-state index in [1.54, 1.807) is 0 Å². The number of carbonyl (C=O) groups excluding carboxylic acids is 2. The Hall–Kier alpha value is -1.69. The summed E-state index contributed by atoms with van der Waals surface area (Å²) in [4.78, 5) is 30.4. The second kappa shape index (κ2) is 24.5. The molecule has 292 valence electrons. The number of aliphatic imine (C=N–C) groups is 1. The maximum Gasteiger partial charge on any atom is 0.305 e. The van der Waals surface area contributed by atoms with Crippen LogP contribution in [0, 0.1) is 21.7 Å². The van der Waals surface area contributed by atoms with Crippen molar-refractivity contribution in [3.8, 4) is 0 Å². The molecule has 0 bridgehead atoms. The molecule has 0 heterocycles. The quantitative estimate of drug-likeness (QED) is 0.0379. The van der Waals surface area contributed by atoms with Gasteiger partial charge in [0.05, 0.1) is 12.6 Å². The van der Waals surface area contributed by atoms with E-state index in [2.05, 4.69) is 68.4 Å². The van der Waals surface area contributed by atoms with Crippen LogP contribution in [0.15, 0.2) is 16.6 Å². The summed E-state index contributed by atoms with van der Waals surface area (Å²) in [7, 11) is 0. The Kier molecular flexibility index (Phi) is 22.7. The van der Waals surface area contributed by atoms with E-state index in [-0.39, 0.29) is 39.6 Å². The van der Waals surface area contributed by atoms with Crippen LogP contribution in [0.3, 0.4) is 0 Å². The van der Waals surface area contributed by atoms with Crippen LogP contribution in [0.25, 0.3) is 0 Å². The van der Waals surface area contributed by atoms with Crippen LogP contribution in [0.1, 0.15) is 204 Å². The summed E-state index contributed by atoms with van der Waals surface area (Å²) in [5.41, 5.74) is 6.84. The average Bonchev–Trinajstić information content (AvgIpc) is 3.05. The topological polar surface area (TPSA) is 91.0 Å². The molecule has 0 radical (unpaired) electrons. The Morgan fingerprint density at radius 2 is 1.10 bits per heavy atom. The largest absolute Gasteiger partial charge is 0.465 e. The Bertz CT molecular complexity index is 998. The van der Waals surface area contributed by atoms with Gasteiger partial charge in [-0.1, -0.05) is 171 Å². The minimum absolute atomic E-state index is 0.0406. The molecule has 1 rings (SSSR count). The molecule has 2 unspecified atom stereocenters. The molecule has 0 aromatic heterocycles. The zero-order chi connectivity index (χ0) is 37.5. The minimum Gasteiger partial charge on any atom is -0.465 e. The summed E-state index contributed by atoms with van der Waals surface area (Å²) in [5.74, 6) is -0.215. The lowest BCUT2D eigenvalue weighted by atomic mass is 9.59. The van der Waals surface area contributed by atoms with Crippen LogP contribution >= 0.6 is 0 Å². The Balaban J connectivity index is 2.72. The first kappa shape index (κ1) is 46.3. The Labute approximate surface area is 310 Å². The molecule has 0 aromatic carbocycles. The van der Waals surface area contributed by atoms with E-state index in [1.165, 1.54) is 95.5 Å². The number of esters is 2. The third-order valence-electron chi connectivity index (χ3n) is 10.5. The molecule has 50 heavy (non-hydrogen) atoms. The van der Waals surface area contributed by atoms with Crippen molar-refractivity contribution in [1.29, 1.82) is 0 Å². The number of carbonyl (C=O) groups is 2. The van der Waals surface area contributed by atoms with Crippen LogP contribution < -0.4 is 5.73 Å². The normalized spacial score (nSPS) is 20.4. The number of nitrogens with zero attached hydrogens (tertiary/aromatic N) is 1. The summed E-state index contributed by atoms with van der Waals surface area (Å²) < 4.78 is 11.6. The fourth-order valence-electron chi connectivity index (χ4n) is 7.49. The van der Waals surface area contributed by atoms with Gasteiger partial charge < -0.3 is 15.2 Å². The van der Waals surface area contributed by atoms with Gasteiger partial charge in [-0.25, -0.2) is 0 Å². The first-order valence-electron chi connectivity index (χ1n) is 20.9. The van der Waals surface area contributed by atoms with Gasteiger partial charge in [-0.15, -0.1) is 0 Å². The van der Waals surface area contributed by atoms with Crippen LogP contribution in [0.2, 0.25) is 0 Å². The van der Waals surface area contributed by atoms with Gasteiger partial charge >= 0.3 is 11.9 Å². The monoisotopic (exact) mass is 703 g/mol. The molecule has 1 fully saturated rings. The molecule has 0 amide bonds. The third kappa shape index (κ3) is 21.0. The van der Waals surface area contributed by atoms with E-state index < -0.39 is 0 Å². The molecule has 6 heteroatoms. The minimum atomic E-state index is -0.389. The lowest BCUT2D eigenvalue weighted by Gasteiger charge is -2.48. The van der Waals surface area contributed by atoms with Crippen molar-refractivity contribution in [1.82, 2.24) is 0 Å². The Morgan fingerprint density at radius 3 is 1.52 bits per heavy atom. The fourth-order valence-corrected chi connectivity index (χ4v) is 7.49. The molecule has 1 aliphatic carbocycles. The van der Waals surface area contributed by atoms with Gasteiger partial charge in [0, 0.05) is 41.8 Å². The van der Waals surface area contributed by atoms with E-state index in [9.17, 15) is 9.59 Å². The van der Waals surface area contributed by atoms with Gasteiger partial charge in [0.1, 0.15) is 6.61 Å². The molecular weight excluding hydrogens is 620 g/mol. The van der Waals surface area contributed by atoms with Gasteiger partial charge in [0.2, 0.25) is 0 Å². The van der Waals surface area contributed by atoms with Gasteiger partial charge in [0.15, 0.2) is 0 Å². The first-order valence-corrected chi connectivity index (χ1v) is 20.9. The van der Waals surface area contributed by atoms with Crippen LogP contribution in [-0.2, 0) is 19.1 Å². The number of hydrogen-bond acceptors (Lipinski definition) is 6. The highest BCUT2D eigenvalue weighted by Gasteiger charge is 2.45. The molecule has 6 nitrogen and oxygen atoms in total. The van der Waals surface area contributed by atoms with Crippen molar-refractivity contribution in [2.24, 2.45) is 32.4 Å². The Morgan fingerprint density at radius 1 is 0.700 bits per heavy atom. The molecule has 1 saturated carbocycles. The fraction of sp³-hybridized carbons (Fsp3) is 0.886. The predicted molar refractivity (Wildman–Crippen MR) is 214 cm³/mol. The van der Waals surface area contributed by atoms with Crippen LogP contribution in [0.4, 0.5) is 0 Å². The molecule has 1 aliphatic rings. The highest BCUT2D eigenvalue weighted by atomic mass is 16.5. The summed E-state index contributed by atoms with van der Waals surface area (Å²) in [6, 6.07) is -0.0406. The summed E-state index contributed by atoms with van der Waals surface area (Å²) in [6.45, 7) is 21.0. The van der Waals surface area contributed by atoms with Crippen LogP contribution in [0.5, 0.6) is 0 Å². The molecule has 2 N–H and O–H groups in total. The molecule has 0 aromatic rings. The van der Waals surface area contributed by atoms with Gasteiger partial charge in [-0.3, -0.25) is 14.6 Å². The van der Waals surface area contributed by atoms with E-state index in [0.29, 0.717) is 32.6 Å². The molecule has 0 aliphatic heterocycles. The lowest BCUT2D eigenvalue weighted by Crippen LogP contribution is -2.45. The van der Waals surface area contributed by atoms with Crippen molar-refractivity contribution in [2.75, 3.05) is 19.8 Å². The van der Waals surface area contributed by atoms with Crippen molar-refractivity contribution >= 4 is 18.2 Å². The van der Waals surface area contributed by atoms with Crippen molar-refractivity contribution in [2.45, 2.75) is 210 Å². The van der Waals surface area contributed by atoms with E-state index in [4.69, 9.17) is 20.2 Å². The van der Waals surface area contributed by atoms with Gasteiger partial charge in [0.25, 0.3) is 0 Å². The molecule has 0 saturated heterocycles. The summed E-state index contributed by atoms with van der Waals surface area (Å²) >= 11 is 0. The van der Waals surface area contributed by atoms with Crippen molar-refractivity contribution in [3.05, 3.63) is 11.6 Å². The van der Waals surface area contributed by atoms with E-state index in [0.717, 1.165) is 38.5 Å². The summed E-state index contributed by atoms with van der Waals surface area (Å²) in [5, 5.41) is 0. The molecular formula is C44H82N2O4. The van der Waals surface area contributed by atoms with E-state index in [1.807, 2.05) is 6.21 Å². The number of hydrogen-bond donors (Lipinski definition) is 1. The maximum absolute atomic E-state index is 12.7. The highest BCUT2D eigenvalue weighted by Crippen LogP contribution is 2.51. The summed E-state index contributed by atoms with van der Waals surface area (Å²) in [6.07, 6.45) is 29.3. The lowest BCUT2D eigenvalue weighted by molar-refractivity contribution is -0.146. The molecule has 2 atom stereocenters. The van der Waals surface area contributed by atoms with Crippen LogP contribution in [-0.4, -0.2) is 44.0 Å². The standard InChI is InChI=1S/C44H82N2O4/c1-10-12-14-16-18-20-22-24-26-28-39(47)49-35-42(5,6)30-37-38(31-41(3,4)32-44(37,9)33-45)46-34-43(7,8)36-50-40(48)29-27-25-23-21-19-17-15-13-11-2/h30,34,38H,10-29,31-33,35-36,45H2,1-9H3. The second-order valence-corrected chi connectivity index (χ2v) is 18.2. The van der Waals surface area contributed by atoms with Crippen molar-refractivity contribution in [3.63, 3.8) is 0 Å². The zero-order valence-electron chi connectivity index (χ0n) is 34.6. The second-order valence-electron chi connectivity index (χ2n) is 18.2. The maximum atomic E-state index is 12.7. The third-order valence-corrected chi connectivity index (χ3v) is 10.5. The smallest absolute Gasteiger partial charge is 0.305 e. The number of rotatable bonds is 28. The number of unbranched alkanes of at least 4 members (excludes halogenated alkanes) is 16. The zero-order valence-corrected chi connectivity index (χ0v) is 34.6. The van der Waals surface area contributed by atoms with Gasteiger partial charge in [-0.2, -0.15) is 0 Å². The predicted octanol–water partition coefficient (Wildman–Crippen LogP) is 12.1. The highest BCUT2D eigenvalue weighted by molar-refractivity contribution is 5.71. The average molecular weight is 703 g/mol. The molecule has 0 spiro atoms. The number of ether oxygens (including phenoxy) is 2. The SMILES string of the molecule is CCCCCCCCCCCC(=O)OCC(C)(C)C=NC1CC(C)(C)CC(C)(CN)C1=CC(C)(C)COC(=O)CCCCCCCCCCC. The number of nitrogens with two attached hydrogens (primary N) is 1.